The van der Waals surface area contributed by atoms with E-state index in [-0.39, 0.29) is 30.3 Å². The topological polar surface area (TPSA) is 128 Å². The van der Waals surface area contributed by atoms with Gasteiger partial charge < -0.3 is 25.7 Å². The highest BCUT2D eigenvalue weighted by Gasteiger charge is 2.18. The molecule has 8 heteroatoms. The molecule has 0 saturated heterocycles. The number of anilines is 1. The van der Waals surface area contributed by atoms with Gasteiger partial charge in [0.05, 0.1) is 29.0 Å². The molecule has 0 aliphatic heterocycles. The number of aliphatic hydroxyl groups excluding tert-OH is 1. The summed E-state index contributed by atoms with van der Waals surface area (Å²) in [5.41, 5.74) is 9.29. The number of aliphatic hydroxyl groups is 1. The van der Waals surface area contributed by atoms with Crippen LogP contribution in [-0.4, -0.2) is 51.1 Å². The Morgan fingerprint density at radius 3 is 2.75 bits per heavy atom. The van der Waals surface area contributed by atoms with E-state index < -0.39 is 0 Å². The summed E-state index contributed by atoms with van der Waals surface area (Å²) in [6, 6.07) is 12.3. The summed E-state index contributed by atoms with van der Waals surface area (Å²) in [4.78, 5) is 36.8. The summed E-state index contributed by atoms with van der Waals surface area (Å²) in [6.07, 6.45) is 0. The smallest absolute Gasteiger partial charge is 0.276 e. The standard InChI is InChI=1S/C20H19N5O3/c1-25(8-9-26)20(28)11-6-7-12-15(10-11)23-17(16(12)21)18-19(27)24-14-5-3-2-4-13(14)22-18/h2-7,10,23,26H,8-9,21H2,1H3,(H,24,27). The molecule has 1 amide bonds. The molecule has 0 unspecified atom stereocenters. The van der Waals surface area contributed by atoms with Crippen molar-refractivity contribution < 1.29 is 9.90 Å². The lowest BCUT2D eigenvalue weighted by Crippen LogP contribution is -2.29. The first kappa shape index (κ1) is 17.7. The molecule has 28 heavy (non-hydrogen) atoms. The predicted octanol–water partition coefficient (Wildman–Crippen LogP) is 1.72. The predicted molar refractivity (Wildman–Crippen MR) is 108 cm³/mol. The van der Waals surface area contributed by atoms with Gasteiger partial charge in [-0.2, -0.15) is 0 Å². The summed E-state index contributed by atoms with van der Waals surface area (Å²) in [6.45, 7) is 0.131. The van der Waals surface area contributed by atoms with Crippen LogP contribution in [0.1, 0.15) is 10.4 Å². The number of benzene rings is 2. The van der Waals surface area contributed by atoms with Crippen LogP contribution in [0, 0.1) is 0 Å². The minimum atomic E-state index is -0.351. The number of hydrogen-bond donors (Lipinski definition) is 4. The lowest BCUT2D eigenvalue weighted by molar-refractivity contribution is 0.0767. The Labute approximate surface area is 159 Å². The number of nitrogen functional groups attached to an aromatic ring is 1. The third-order valence-electron chi connectivity index (χ3n) is 4.70. The quantitative estimate of drug-likeness (QED) is 0.430. The molecule has 8 nitrogen and oxygen atoms in total. The molecule has 0 radical (unpaired) electrons. The number of aromatic amines is 2. The Hall–Kier alpha value is -3.65. The molecule has 0 saturated carbocycles. The van der Waals surface area contributed by atoms with E-state index in [2.05, 4.69) is 15.0 Å². The minimum absolute atomic E-state index is 0.111. The highest BCUT2D eigenvalue weighted by molar-refractivity contribution is 6.04. The maximum atomic E-state index is 12.5. The molecule has 2 aromatic heterocycles. The molecular formula is C20H19N5O3. The van der Waals surface area contributed by atoms with Crippen molar-refractivity contribution in [3.8, 4) is 11.4 Å². The van der Waals surface area contributed by atoms with Gasteiger partial charge in [-0.25, -0.2) is 4.98 Å². The van der Waals surface area contributed by atoms with Crippen LogP contribution in [0.5, 0.6) is 0 Å². The SMILES string of the molecule is CN(CCO)C(=O)c1ccc2c(N)c(-c3nc4ccccc4[nH]c3=O)[nH]c2c1. The number of carbonyl (C=O) groups excluding carboxylic acids is 1. The number of fused-ring (bicyclic) bond motifs is 2. The van der Waals surface area contributed by atoms with E-state index in [4.69, 9.17) is 10.8 Å². The summed E-state index contributed by atoms with van der Waals surface area (Å²) < 4.78 is 0. The van der Waals surface area contributed by atoms with Crippen LogP contribution in [-0.2, 0) is 0 Å². The van der Waals surface area contributed by atoms with Gasteiger partial charge in [0.1, 0.15) is 0 Å². The molecule has 4 aromatic rings. The molecule has 4 rings (SSSR count). The van der Waals surface area contributed by atoms with Crippen molar-refractivity contribution in [2.45, 2.75) is 0 Å². The lowest BCUT2D eigenvalue weighted by atomic mass is 10.1. The largest absolute Gasteiger partial charge is 0.396 e. The fourth-order valence-corrected chi connectivity index (χ4v) is 3.21. The van der Waals surface area contributed by atoms with Gasteiger partial charge in [-0.1, -0.05) is 12.1 Å². The van der Waals surface area contributed by atoms with Gasteiger partial charge in [0.25, 0.3) is 11.5 Å². The Bertz CT molecular complexity index is 1260. The second-order valence-corrected chi connectivity index (χ2v) is 6.56. The van der Waals surface area contributed by atoms with Crippen LogP contribution >= 0.6 is 0 Å². The second-order valence-electron chi connectivity index (χ2n) is 6.56. The van der Waals surface area contributed by atoms with Crippen molar-refractivity contribution in [3.05, 3.63) is 58.4 Å². The van der Waals surface area contributed by atoms with Crippen molar-refractivity contribution in [2.75, 3.05) is 25.9 Å². The maximum Gasteiger partial charge on any atom is 0.276 e. The lowest BCUT2D eigenvalue weighted by Gasteiger charge is -2.15. The summed E-state index contributed by atoms with van der Waals surface area (Å²) in [7, 11) is 1.62. The molecule has 0 bridgehead atoms. The number of H-pyrrole nitrogens is 2. The van der Waals surface area contributed by atoms with Crippen LogP contribution in [0.25, 0.3) is 33.3 Å². The van der Waals surface area contributed by atoms with Gasteiger partial charge in [0.15, 0.2) is 5.69 Å². The van der Waals surface area contributed by atoms with Crippen LogP contribution in [0.4, 0.5) is 5.69 Å². The number of rotatable bonds is 4. The second kappa shape index (κ2) is 6.82. The molecule has 0 atom stereocenters. The molecule has 5 N–H and O–H groups in total. The third kappa shape index (κ3) is 2.89. The zero-order valence-corrected chi connectivity index (χ0v) is 15.2. The molecular weight excluding hydrogens is 358 g/mol. The number of carbonyl (C=O) groups is 1. The van der Waals surface area contributed by atoms with Crippen LogP contribution in [0.15, 0.2) is 47.3 Å². The van der Waals surface area contributed by atoms with Crippen LogP contribution in [0.3, 0.4) is 0 Å². The van der Waals surface area contributed by atoms with Gasteiger partial charge in [-0.15, -0.1) is 0 Å². The Balaban J connectivity index is 1.83. The fraction of sp³-hybridized carbons (Fsp3) is 0.150. The first-order valence-corrected chi connectivity index (χ1v) is 8.76. The normalized spacial score (nSPS) is 11.2. The maximum absolute atomic E-state index is 12.5. The van der Waals surface area contributed by atoms with E-state index in [1.54, 1.807) is 37.4 Å². The number of aromatic nitrogens is 3. The van der Waals surface area contributed by atoms with E-state index in [1.807, 2.05) is 12.1 Å². The minimum Gasteiger partial charge on any atom is -0.396 e. The number of nitrogens with zero attached hydrogens (tertiary/aromatic N) is 2. The summed E-state index contributed by atoms with van der Waals surface area (Å²) in [5, 5.41) is 9.71. The highest BCUT2D eigenvalue weighted by atomic mass is 16.3. The number of amides is 1. The van der Waals surface area contributed by atoms with Crippen molar-refractivity contribution in [1.82, 2.24) is 19.9 Å². The Kier molecular flexibility index (Phi) is 4.32. The number of para-hydroxylation sites is 2. The third-order valence-corrected chi connectivity index (χ3v) is 4.70. The van der Waals surface area contributed by atoms with E-state index in [0.717, 1.165) is 0 Å². The fourth-order valence-electron chi connectivity index (χ4n) is 3.21. The zero-order valence-electron chi connectivity index (χ0n) is 15.2. The van der Waals surface area contributed by atoms with Gasteiger partial charge in [0.2, 0.25) is 0 Å². The number of likely N-dealkylation sites (N-methyl/N-ethyl adjacent to an activating group) is 1. The summed E-state index contributed by atoms with van der Waals surface area (Å²) >= 11 is 0. The molecule has 0 fully saturated rings. The van der Waals surface area contributed by atoms with Gasteiger partial charge in [-0.05, 0) is 30.3 Å². The molecule has 2 aromatic carbocycles. The van der Waals surface area contributed by atoms with Gasteiger partial charge in [0, 0.05) is 30.1 Å². The molecule has 0 aliphatic rings. The molecule has 0 spiro atoms. The Morgan fingerprint density at radius 1 is 1.18 bits per heavy atom. The first-order valence-electron chi connectivity index (χ1n) is 8.76. The average Bonchev–Trinajstić information content (AvgIpc) is 3.02. The number of nitrogens with two attached hydrogens (primary N) is 1. The first-order chi connectivity index (χ1) is 13.5. The van der Waals surface area contributed by atoms with Crippen molar-refractivity contribution >= 4 is 33.5 Å². The van der Waals surface area contributed by atoms with Crippen molar-refractivity contribution in [1.29, 1.82) is 0 Å². The zero-order chi connectivity index (χ0) is 19.8. The van der Waals surface area contributed by atoms with Crippen LogP contribution < -0.4 is 11.3 Å². The molecule has 142 valence electrons. The van der Waals surface area contributed by atoms with E-state index >= 15 is 0 Å². The van der Waals surface area contributed by atoms with E-state index in [0.29, 0.717) is 38.9 Å². The number of hydrogen-bond acceptors (Lipinski definition) is 5. The van der Waals surface area contributed by atoms with Gasteiger partial charge in [-0.3, -0.25) is 9.59 Å². The number of nitrogens with one attached hydrogen (secondary N) is 2. The monoisotopic (exact) mass is 377 g/mol. The van der Waals surface area contributed by atoms with E-state index in [9.17, 15) is 9.59 Å². The van der Waals surface area contributed by atoms with Crippen molar-refractivity contribution in [2.24, 2.45) is 0 Å². The van der Waals surface area contributed by atoms with Crippen molar-refractivity contribution in [3.63, 3.8) is 0 Å². The van der Waals surface area contributed by atoms with Crippen LogP contribution in [0.2, 0.25) is 0 Å². The highest BCUT2D eigenvalue weighted by Crippen LogP contribution is 2.31. The molecule has 2 heterocycles. The molecule has 0 aliphatic carbocycles. The summed E-state index contributed by atoms with van der Waals surface area (Å²) in [5.74, 6) is -0.215. The van der Waals surface area contributed by atoms with Gasteiger partial charge >= 0.3 is 0 Å². The average molecular weight is 377 g/mol. The van der Waals surface area contributed by atoms with E-state index in [1.165, 1.54) is 4.90 Å². The Morgan fingerprint density at radius 2 is 1.96 bits per heavy atom.